The van der Waals surface area contributed by atoms with Crippen molar-refractivity contribution in [3.8, 4) is 5.69 Å². The highest BCUT2D eigenvalue weighted by Gasteiger charge is 2.55. The Morgan fingerprint density at radius 3 is 2.53 bits per heavy atom. The summed E-state index contributed by atoms with van der Waals surface area (Å²) in [4.78, 5) is 12.8. The van der Waals surface area contributed by atoms with Crippen molar-refractivity contribution in [1.29, 1.82) is 0 Å². The first kappa shape index (κ1) is 32.0. The first-order valence-corrected chi connectivity index (χ1v) is 14.6. The number of amides is 1. The fourth-order valence-corrected chi connectivity index (χ4v) is 6.04. The smallest absolute Gasteiger partial charge is 0.417 e. The molecule has 0 aliphatic carbocycles. The summed E-state index contributed by atoms with van der Waals surface area (Å²) in [6.45, 7) is 7.04. The molecule has 45 heavy (non-hydrogen) atoms. The summed E-state index contributed by atoms with van der Waals surface area (Å²) in [6.07, 6.45) is -1.57. The Morgan fingerprint density at radius 2 is 1.82 bits per heavy atom. The highest BCUT2D eigenvalue weighted by atomic mass is 19.4. The van der Waals surface area contributed by atoms with E-state index in [-0.39, 0.29) is 12.3 Å². The fraction of sp³-hybridized carbons (Fsp3) is 0.314. The average Bonchev–Trinajstić information content (AvgIpc) is 3.65. The molecule has 0 fully saturated rings. The fourth-order valence-electron chi connectivity index (χ4n) is 6.04. The predicted octanol–water partition coefficient (Wildman–Crippen LogP) is 7.90. The minimum Gasteiger partial charge on any atom is -0.472 e. The Balaban J connectivity index is 1.41. The molecule has 5 rings (SSSR count). The third-order valence-corrected chi connectivity index (χ3v) is 8.30. The standard InChI is InChI=1S/C35H35F4N3O3/c1-22-14-25(10-12-34(44,35(37,38)39)21-33(3,4)30-17-27(36)9-8-23(30)2)29-19-41-42(31(29)15-22)28-7-5-6-26(16-28)32(43)40-18-24-11-13-45-20-24/h5-9,11,13-17,19-20,44H,10,12,18,21H2,1-4H3,(H,40,43). The van der Waals surface area contributed by atoms with Crippen LogP contribution in [0.3, 0.4) is 0 Å². The van der Waals surface area contributed by atoms with E-state index in [2.05, 4.69) is 10.4 Å². The molecule has 0 saturated carbocycles. The number of aromatic nitrogens is 2. The number of aryl methyl sites for hydroxylation is 3. The third kappa shape index (κ3) is 6.81. The lowest BCUT2D eigenvalue weighted by molar-refractivity contribution is -0.269. The number of benzene rings is 3. The van der Waals surface area contributed by atoms with Crippen LogP contribution in [0.2, 0.25) is 0 Å². The minimum absolute atomic E-state index is 0.0748. The average molecular weight is 622 g/mol. The van der Waals surface area contributed by atoms with Crippen LogP contribution in [0.15, 0.2) is 83.8 Å². The van der Waals surface area contributed by atoms with Gasteiger partial charge in [-0.15, -0.1) is 0 Å². The minimum atomic E-state index is -4.92. The molecule has 0 saturated heterocycles. The lowest BCUT2D eigenvalue weighted by atomic mass is 9.72. The van der Waals surface area contributed by atoms with Gasteiger partial charge in [-0.1, -0.05) is 32.0 Å². The molecule has 236 valence electrons. The molecule has 2 N–H and O–H groups in total. The Bertz CT molecular complexity index is 1830. The lowest BCUT2D eigenvalue weighted by Crippen LogP contribution is -2.49. The molecule has 1 unspecified atom stereocenters. The van der Waals surface area contributed by atoms with Crippen LogP contribution in [0.4, 0.5) is 17.6 Å². The third-order valence-electron chi connectivity index (χ3n) is 8.30. The van der Waals surface area contributed by atoms with Gasteiger partial charge in [0.1, 0.15) is 5.82 Å². The molecule has 10 heteroatoms. The SMILES string of the molecule is Cc1cc(CCC(O)(CC(C)(C)c2cc(F)ccc2C)C(F)(F)F)c2cnn(-c3cccc(C(=O)NCc4ccoc4)c3)c2c1. The van der Waals surface area contributed by atoms with E-state index in [1.807, 2.05) is 13.0 Å². The van der Waals surface area contributed by atoms with Crippen LogP contribution in [-0.4, -0.2) is 32.6 Å². The van der Waals surface area contributed by atoms with Crippen LogP contribution in [0.5, 0.6) is 0 Å². The van der Waals surface area contributed by atoms with E-state index >= 15 is 0 Å². The maximum Gasteiger partial charge on any atom is 0.417 e. The quantitative estimate of drug-likeness (QED) is 0.155. The number of alkyl halides is 3. The first-order valence-electron chi connectivity index (χ1n) is 14.6. The lowest BCUT2D eigenvalue weighted by Gasteiger charge is -2.38. The monoisotopic (exact) mass is 621 g/mol. The van der Waals surface area contributed by atoms with Crippen molar-refractivity contribution in [2.24, 2.45) is 0 Å². The van der Waals surface area contributed by atoms with Gasteiger partial charge in [-0.2, -0.15) is 18.3 Å². The Kier molecular flexibility index (Phi) is 8.64. The van der Waals surface area contributed by atoms with Crippen LogP contribution in [0.25, 0.3) is 16.6 Å². The maximum absolute atomic E-state index is 14.5. The second kappa shape index (κ2) is 12.2. The van der Waals surface area contributed by atoms with Crippen molar-refractivity contribution in [3.63, 3.8) is 0 Å². The molecule has 1 amide bonds. The number of hydrogen-bond acceptors (Lipinski definition) is 4. The molecule has 0 aliphatic rings. The summed E-state index contributed by atoms with van der Waals surface area (Å²) in [7, 11) is 0. The van der Waals surface area contributed by atoms with Gasteiger partial charge in [-0.3, -0.25) is 4.79 Å². The van der Waals surface area contributed by atoms with Crippen molar-refractivity contribution in [2.75, 3.05) is 0 Å². The number of hydrogen-bond donors (Lipinski definition) is 2. The molecular formula is C35H35F4N3O3. The van der Waals surface area contributed by atoms with Gasteiger partial charge in [0.2, 0.25) is 0 Å². The molecular weight excluding hydrogens is 586 g/mol. The van der Waals surface area contributed by atoms with Gasteiger partial charge in [-0.05, 0) is 103 Å². The van der Waals surface area contributed by atoms with E-state index in [1.54, 1.807) is 74.3 Å². The number of rotatable bonds is 10. The highest BCUT2D eigenvalue weighted by molar-refractivity contribution is 5.95. The van der Waals surface area contributed by atoms with E-state index < -0.39 is 35.9 Å². The van der Waals surface area contributed by atoms with Crippen LogP contribution in [0, 0.1) is 19.7 Å². The van der Waals surface area contributed by atoms with Crippen molar-refractivity contribution >= 4 is 16.8 Å². The second-order valence-electron chi connectivity index (χ2n) is 12.3. The topological polar surface area (TPSA) is 80.3 Å². The second-order valence-corrected chi connectivity index (χ2v) is 12.3. The number of nitrogens with zero attached hydrogens (tertiary/aromatic N) is 2. The van der Waals surface area contributed by atoms with Gasteiger partial charge in [0.05, 0.1) is 29.9 Å². The zero-order chi connectivity index (χ0) is 32.6. The summed E-state index contributed by atoms with van der Waals surface area (Å²) in [5.41, 5.74) is 0.791. The summed E-state index contributed by atoms with van der Waals surface area (Å²) < 4.78 is 64.3. The molecule has 3 aromatic carbocycles. The predicted molar refractivity (Wildman–Crippen MR) is 164 cm³/mol. The van der Waals surface area contributed by atoms with Gasteiger partial charge < -0.3 is 14.8 Å². The number of furan rings is 1. The molecule has 1 atom stereocenters. The van der Waals surface area contributed by atoms with Gasteiger partial charge in [0.25, 0.3) is 5.91 Å². The van der Waals surface area contributed by atoms with Gasteiger partial charge >= 0.3 is 6.18 Å². The zero-order valence-corrected chi connectivity index (χ0v) is 25.5. The summed E-state index contributed by atoms with van der Waals surface area (Å²) >= 11 is 0. The van der Waals surface area contributed by atoms with Crippen LogP contribution >= 0.6 is 0 Å². The summed E-state index contributed by atoms with van der Waals surface area (Å²) in [6, 6.07) is 16.4. The van der Waals surface area contributed by atoms with Crippen molar-refractivity contribution in [1.82, 2.24) is 15.1 Å². The molecule has 5 aromatic rings. The van der Waals surface area contributed by atoms with Crippen LogP contribution < -0.4 is 5.32 Å². The number of carbonyl (C=O) groups excluding carboxylic acids is 1. The van der Waals surface area contributed by atoms with Gasteiger partial charge in [0, 0.05) is 23.1 Å². The number of aliphatic hydroxyl groups is 1. The van der Waals surface area contributed by atoms with E-state index in [0.717, 1.165) is 11.1 Å². The van der Waals surface area contributed by atoms with Crippen LogP contribution in [0.1, 0.15) is 64.9 Å². The molecule has 0 aliphatic heterocycles. The summed E-state index contributed by atoms with van der Waals surface area (Å²) in [5.74, 6) is -0.826. The van der Waals surface area contributed by atoms with Crippen molar-refractivity contribution in [2.45, 2.75) is 70.7 Å². The highest BCUT2D eigenvalue weighted by Crippen LogP contribution is 2.44. The molecule has 0 spiro atoms. The van der Waals surface area contributed by atoms with E-state index in [4.69, 9.17) is 4.42 Å². The van der Waals surface area contributed by atoms with E-state index in [1.165, 1.54) is 24.5 Å². The van der Waals surface area contributed by atoms with Gasteiger partial charge in [-0.25, -0.2) is 9.07 Å². The Morgan fingerprint density at radius 1 is 1.04 bits per heavy atom. The molecule has 0 radical (unpaired) electrons. The van der Waals surface area contributed by atoms with Crippen molar-refractivity contribution < 1.29 is 31.9 Å². The molecule has 0 bridgehead atoms. The number of nitrogens with one attached hydrogen (secondary N) is 1. The Hall–Kier alpha value is -4.44. The normalized spacial score (nSPS) is 13.6. The van der Waals surface area contributed by atoms with Crippen molar-refractivity contribution in [3.05, 3.63) is 119 Å². The number of fused-ring (bicyclic) bond motifs is 1. The molecule has 2 aromatic heterocycles. The summed E-state index contributed by atoms with van der Waals surface area (Å²) in [5, 5.41) is 19.2. The Labute approximate surface area is 258 Å². The van der Waals surface area contributed by atoms with Gasteiger partial charge in [0.15, 0.2) is 5.60 Å². The van der Waals surface area contributed by atoms with Crippen LogP contribution in [-0.2, 0) is 18.4 Å². The molecule has 2 heterocycles. The maximum atomic E-state index is 14.5. The number of carbonyl (C=O) groups is 1. The first-order chi connectivity index (χ1) is 21.2. The molecule has 6 nitrogen and oxygen atoms in total. The zero-order valence-electron chi connectivity index (χ0n) is 25.5. The number of halogens is 4. The van der Waals surface area contributed by atoms with E-state index in [0.29, 0.717) is 45.4 Å². The largest absolute Gasteiger partial charge is 0.472 e. The van der Waals surface area contributed by atoms with E-state index in [9.17, 15) is 27.5 Å².